The SMILES string of the molecule is C=CCCOCCNc1cc([N+](=O)[O-])ccc1C(=O)O. The molecule has 1 aromatic rings. The summed E-state index contributed by atoms with van der Waals surface area (Å²) in [7, 11) is 0. The molecule has 0 bridgehead atoms. The molecule has 0 aliphatic rings. The lowest BCUT2D eigenvalue weighted by Gasteiger charge is -2.09. The normalized spacial score (nSPS) is 10.0. The standard InChI is InChI=1S/C13H16N2O5/c1-2-3-7-20-8-6-14-12-9-10(15(18)19)4-5-11(12)13(16)17/h2,4-5,9,14H,1,3,6-8H2,(H,16,17). The second-order valence-corrected chi connectivity index (χ2v) is 3.91. The number of anilines is 1. The monoisotopic (exact) mass is 280 g/mol. The van der Waals surface area contributed by atoms with Crippen LogP contribution in [0.15, 0.2) is 30.9 Å². The Balaban J connectivity index is 2.65. The highest BCUT2D eigenvalue weighted by Crippen LogP contribution is 2.22. The number of nitrogens with zero attached hydrogens (tertiary/aromatic N) is 1. The van der Waals surface area contributed by atoms with Gasteiger partial charge in [-0.25, -0.2) is 4.79 Å². The van der Waals surface area contributed by atoms with Crippen molar-refractivity contribution in [2.24, 2.45) is 0 Å². The average Bonchev–Trinajstić information content (AvgIpc) is 2.42. The minimum absolute atomic E-state index is 0.0123. The fraction of sp³-hybridized carbons (Fsp3) is 0.308. The Morgan fingerprint density at radius 2 is 2.25 bits per heavy atom. The third kappa shape index (κ3) is 4.69. The lowest BCUT2D eigenvalue weighted by molar-refractivity contribution is -0.384. The van der Waals surface area contributed by atoms with Crippen LogP contribution in [0.3, 0.4) is 0 Å². The van der Waals surface area contributed by atoms with E-state index in [4.69, 9.17) is 9.84 Å². The van der Waals surface area contributed by atoms with Crippen molar-refractivity contribution in [3.05, 3.63) is 46.5 Å². The Bertz CT molecular complexity index is 502. The van der Waals surface area contributed by atoms with E-state index in [-0.39, 0.29) is 16.9 Å². The van der Waals surface area contributed by atoms with Crippen molar-refractivity contribution in [2.45, 2.75) is 6.42 Å². The molecule has 0 atom stereocenters. The number of nitrogens with one attached hydrogen (secondary N) is 1. The first kappa shape index (κ1) is 15.6. The largest absolute Gasteiger partial charge is 0.478 e. The lowest BCUT2D eigenvalue weighted by atomic mass is 10.1. The van der Waals surface area contributed by atoms with Crippen LogP contribution in [-0.4, -0.2) is 35.8 Å². The molecule has 1 rings (SSSR count). The van der Waals surface area contributed by atoms with Crippen LogP contribution < -0.4 is 5.32 Å². The van der Waals surface area contributed by atoms with Crippen molar-refractivity contribution in [2.75, 3.05) is 25.1 Å². The molecule has 108 valence electrons. The summed E-state index contributed by atoms with van der Waals surface area (Å²) in [6.07, 6.45) is 2.47. The molecule has 0 saturated heterocycles. The number of rotatable bonds is 9. The number of non-ortho nitro benzene ring substituents is 1. The van der Waals surface area contributed by atoms with Gasteiger partial charge in [0.1, 0.15) is 0 Å². The van der Waals surface area contributed by atoms with Crippen molar-refractivity contribution >= 4 is 17.3 Å². The molecule has 0 spiro atoms. The zero-order valence-electron chi connectivity index (χ0n) is 10.9. The second-order valence-electron chi connectivity index (χ2n) is 3.91. The van der Waals surface area contributed by atoms with E-state index in [9.17, 15) is 14.9 Å². The number of hydrogen-bond acceptors (Lipinski definition) is 5. The van der Waals surface area contributed by atoms with Crippen LogP contribution in [-0.2, 0) is 4.74 Å². The summed E-state index contributed by atoms with van der Waals surface area (Å²) in [5.74, 6) is -1.14. The van der Waals surface area contributed by atoms with Gasteiger partial charge in [-0.05, 0) is 12.5 Å². The summed E-state index contributed by atoms with van der Waals surface area (Å²) in [4.78, 5) is 21.1. The van der Waals surface area contributed by atoms with Gasteiger partial charge < -0.3 is 15.2 Å². The van der Waals surface area contributed by atoms with E-state index in [1.165, 1.54) is 12.1 Å². The maximum absolute atomic E-state index is 11.0. The van der Waals surface area contributed by atoms with Gasteiger partial charge in [0.2, 0.25) is 0 Å². The second kappa shape index (κ2) is 7.90. The molecule has 7 heteroatoms. The van der Waals surface area contributed by atoms with Crippen molar-refractivity contribution in [3.8, 4) is 0 Å². The summed E-state index contributed by atoms with van der Waals surface area (Å²) in [6.45, 7) is 4.82. The molecular weight excluding hydrogens is 264 g/mol. The summed E-state index contributed by atoms with van der Waals surface area (Å²) >= 11 is 0. The highest BCUT2D eigenvalue weighted by molar-refractivity contribution is 5.94. The van der Waals surface area contributed by atoms with Gasteiger partial charge in [-0.2, -0.15) is 0 Å². The molecule has 0 aliphatic heterocycles. The average molecular weight is 280 g/mol. The summed E-state index contributed by atoms with van der Waals surface area (Å²) in [5, 5.41) is 22.5. The van der Waals surface area contributed by atoms with Gasteiger partial charge in [0.15, 0.2) is 0 Å². The smallest absolute Gasteiger partial charge is 0.337 e. The third-order valence-electron chi connectivity index (χ3n) is 2.47. The topological polar surface area (TPSA) is 102 Å². The number of carboxylic acid groups (broad SMARTS) is 1. The van der Waals surface area contributed by atoms with E-state index < -0.39 is 10.9 Å². The first-order valence-electron chi connectivity index (χ1n) is 6.00. The Morgan fingerprint density at radius 3 is 2.85 bits per heavy atom. The Kier molecular flexibility index (Phi) is 6.18. The van der Waals surface area contributed by atoms with Crippen molar-refractivity contribution in [1.82, 2.24) is 0 Å². The minimum Gasteiger partial charge on any atom is -0.478 e. The predicted octanol–water partition coefficient (Wildman–Crippen LogP) is 2.30. The van der Waals surface area contributed by atoms with E-state index in [0.717, 1.165) is 12.5 Å². The number of aromatic carboxylic acids is 1. The summed E-state index contributed by atoms with van der Waals surface area (Å²) in [6, 6.07) is 3.57. The van der Waals surface area contributed by atoms with Crippen LogP contribution in [0.4, 0.5) is 11.4 Å². The molecule has 1 aromatic carbocycles. The highest BCUT2D eigenvalue weighted by atomic mass is 16.6. The fourth-order valence-electron chi connectivity index (χ4n) is 1.51. The third-order valence-corrected chi connectivity index (χ3v) is 2.47. The predicted molar refractivity (Wildman–Crippen MR) is 74.2 cm³/mol. The van der Waals surface area contributed by atoms with Crippen LogP contribution >= 0.6 is 0 Å². The molecular formula is C13H16N2O5. The Hall–Kier alpha value is -2.41. The first-order chi connectivity index (χ1) is 9.56. The van der Waals surface area contributed by atoms with Gasteiger partial charge in [0.05, 0.1) is 29.4 Å². The minimum atomic E-state index is -1.14. The van der Waals surface area contributed by atoms with Crippen molar-refractivity contribution < 1.29 is 19.6 Å². The molecule has 0 aromatic heterocycles. The fourth-order valence-corrected chi connectivity index (χ4v) is 1.51. The molecule has 0 heterocycles. The number of carbonyl (C=O) groups is 1. The van der Waals surface area contributed by atoms with Gasteiger partial charge >= 0.3 is 5.97 Å². The van der Waals surface area contributed by atoms with E-state index in [2.05, 4.69) is 11.9 Å². The van der Waals surface area contributed by atoms with Crippen LogP contribution in [0, 0.1) is 10.1 Å². The molecule has 0 saturated carbocycles. The number of nitro benzene ring substituents is 1. The van der Waals surface area contributed by atoms with Crippen molar-refractivity contribution in [3.63, 3.8) is 0 Å². The Morgan fingerprint density at radius 1 is 1.50 bits per heavy atom. The van der Waals surface area contributed by atoms with Gasteiger partial charge in [-0.1, -0.05) is 6.08 Å². The summed E-state index contributed by atoms with van der Waals surface area (Å²) < 4.78 is 5.26. The maximum Gasteiger partial charge on any atom is 0.337 e. The zero-order valence-corrected chi connectivity index (χ0v) is 10.9. The first-order valence-corrected chi connectivity index (χ1v) is 6.00. The van der Waals surface area contributed by atoms with E-state index in [1.807, 2.05) is 0 Å². The van der Waals surface area contributed by atoms with Crippen LogP contribution in [0.25, 0.3) is 0 Å². The molecule has 7 nitrogen and oxygen atoms in total. The quantitative estimate of drug-likeness (QED) is 0.311. The molecule has 0 fully saturated rings. The number of hydrogen-bond donors (Lipinski definition) is 2. The molecule has 0 aliphatic carbocycles. The molecule has 0 unspecified atom stereocenters. The van der Waals surface area contributed by atoms with Crippen LogP contribution in [0.1, 0.15) is 16.8 Å². The lowest BCUT2D eigenvalue weighted by Crippen LogP contribution is -2.13. The van der Waals surface area contributed by atoms with Gasteiger partial charge in [-0.15, -0.1) is 6.58 Å². The van der Waals surface area contributed by atoms with Gasteiger partial charge in [0, 0.05) is 18.7 Å². The van der Waals surface area contributed by atoms with E-state index in [0.29, 0.717) is 19.8 Å². The number of carboxylic acids is 1. The van der Waals surface area contributed by atoms with Crippen LogP contribution in [0.5, 0.6) is 0 Å². The summed E-state index contributed by atoms with van der Waals surface area (Å²) in [5.41, 5.74) is 0.0331. The molecule has 2 N–H and O–H groups in total. The van der Waals surface area contributed by atoms with Gasteiger partial charge in [-0.3, -0.25) is 10.1 Å². The van der Waals surface area contributed by atoms with Crippen LogP contribution in [0.2, 0.25) is 0 Å². The molecule has 20 heavy (non-hydrogen) atoms. The van der Waals surface area contributed by atoms with Gasteiger partial charge in [0.25, 0.3) is 5.69 Å². The number of nitro groups is 1. The van der Waals surface area contributed by atoms with Crippen molar-refractivity contribution in [1.29, 1.82) is 0 Å². The van der Waals surface area contributed by atoms with E-state index in [1.54, 1.807) is 6.08 Å². The Labute approximate surface area is 116 Å². The highest BCUT2D eigenvalue weighted by Gasteiger charge is 2.14. The number of ether oxygens (including phenoxy) is 1. The molecule has 0 radical (unpaired) electrons. The zero-order chi connectivity index (χ0) is 15.0. The maximum atomic E-state index is 11.0. The van der Waals surface area contributed by atoms with E-state index >= 15 is 0 Å². The number of benzene rings is 1. The molecule has 0 amide bonds.